The van der Waals surface area contributed by atoms with Gasteiger partial charge < -0.3 is 8.85 Å². The van der Waals surface area contributed by atoms with Crippen molar-refractivity contribution in [1.82, 2.24) is 0 Å². The zero-order chi connectivity index (χ0) is 16.5. The topological polar surface area (TPSA) is 18.5 Å². The predicted molar refractivity (Wildman–Crippen MR) is 106 cm³/mol. The van der Waals surface area contributed by atoms with E-state index in [0.29, 0.717) is 0 Å². The van der Waals surface area contributed by atoms with E-state index in [1.807, 2.05) is 0 Å². The summed E-state index contributed by atoms with van der Waals surface area (Å²) in [6.07, 6.45) is 5.25. The second-order valence-electron chi connectivity index (χ2n) is 6.53. The highest BCUT2D eigenvalue weighted by Gasteiger charge is 2.18. The van der Waals surface area contributed by atoms with Gasteiger partial charge in [0.25, 0.3) is 0 Å². The maximum absolute atomic E-state index is 5.80. The van der Waals surface area contributed by atoms with Gasteiger partial charge in [0.05, 0.1) is 0 Å². The highest BCUT2D eigenvalue weighted by Crippen LogP contribution is 2.11. The van der Waals surface area contributed by atoms with Crippen molar-refractivity contribution >= 4 is 28.5 Å². The molecule has 2 saturated heterocycles. The molecule has 0 saturated carbocycles. The van der Waals surface area contributed by atoms with E-state index in [1.54, 1.807) is 0 Å². The summed E-state index contributed by atoms with van der Waals surface area (Å²) < 4.78 is 11.6. The van der Waals surface area contributed by atoms with E-state index in [0.717, 1.165) is 13.2 Å². The fraction of sp³-hybridized carbons (Fsp3) is 0.400. The zero-order valence-electron chi connectivity index (χ0n) is 14.4. The second kappa shape index (κ2) is 9.94. The van der Waals surface area contributed by atoms with Crippen molar-refractivity contribution in [1.29, 1.82) is 0 Å². The van der Waals surface area contributed by atoms with Gasteiger partial charge in [-0.2, -0.15) is 0 Å². The van der Waals surface area contributed by atoms with Crippen LogP contribution in [0.3, 0.4) is 0 Å². The summed E-state index contributed by atoms with van der Waals surface area (Å²) in [5.74, 6) is 0. The Kier molecular flexibility index (Phi) is 7.29. The van der Waals surface area contributed by atoms with Crippen molar-refractivity contribution in [3.05, 3.63) is 60.7 Å². The van der Waals surface area contributed by atoms with E-state index in [-0.39, 0.29) is 0 Å². The molecule has 0 radical (unpaired) electrons. The average Bonchev–Trinajstić information content (AvgIpc) is 2.71. The van der Waals surface area contributed by atoms with E-state index < -0.39 is 18.1 Å². The predicted octanol–water partition coefficient (Wildman–Crippen LogP) is 2.86. The molecule has 2 unspecified atom stereocenters. The van der Waals surface area contributed by atoms with Crippen LogP contribution in [-0.4, -0.2) is 31.3 Å². The van der Waals surface area contributed by atoms with E-state index in [2.05, 4.69) is 60.7 Å². The van der Waals surface area contributed by atoms with Crippen LogP contribution in [0.1, 0.15) is 25.7 Å². The van der Waals surface area contributed by atoms with Gasteiger partial charge >= 0.3 is 0 Å². The second-order valence-corrected chi connectivity index (χ2v) is 11.6. The van der Waals surface area contributed by atoms with Crippen LogP contribution in [0.2, 0.25) is 12.1 Å². The van der Waals surface area contributed by atoms with E-state index >= 15 is 0 Å². The molecule has 0 spiro atoms. The smallest absolute Gasteiger partial charge is 0.208 e. The van der Waals surface area contributed by atoms with Crippen LogP contribution in [0.5, 0.6) is 0 Å². The number of hydrogen-bond acceptors (Lipinski definition) is 2. The Morgan fingerprint density at radius 1 is 0.542 bits per heavy atom. The lowest BCUT2D eigenvalue weighted by atomic mass is 10.3. The third-order valence-corrected chi connectivity index (χ3v) is 10.1. The first-order valence-corrected chi connectivity index (χ1v) is 13.0. The molecule has 2 heterocycles. The molecule has 0 N–H and O–H groups in total. The van der Waals surface area contributed by atoms with Gasteiger partial charge in [-0.05, 0) is 35.3 Å². The highest BCUT2D eigenvalue weighted by atomic mass is 28.3. The van der Waals surface area contributed by atoms with Crippen LogP contribution < -0.4 is 10.4 Å². The Morgan fingerprint density at radius 3 is 1.29 bits per heavy atom. The van der Waals surface area contributed by atoms with Crippen molar-refractivity contribution in [2.75, 3.05) is 13.2 Å². The fourth-order valence-corrected chi connectivity index (χ4v) is 8.25. The Morgan fingerprint density at radius 2 is 0.958 bits per heavy atom. The summed E-state index contributed by atoms with van der Waals surface area (Å²) in [5, 5.41) is 2.94. The molecule has 0 amide bonds. The molecule has 2 aliphatic rings. The summed E-state index contributed by atoms with van der Waals surface area (Å²) in [5.41, 5.74) is 0. The highest BCUT2D eigenvalue weighted by molar-refractivity contribution is 6.67. The fourth-order valence-electron chi connectivity index (χ4n) is 3.34. The lowest BCUT2D eigenvalue weighted by Gasteiger charge is -2.21. The van der Waals surface area contributed by atoms with Crippen molar-refractivity contribution < 1.29 is 8.85 Å². The minimum absolute atomic E-state index is 0.984. The largest absolute Gasteiger partial charge is 0.415 e. The molecule has 24 heavy (non-hydrogen) atoms. The third-order valence-electron chi connectivity index (χ3n) is 4.70. The van der Waals surface area contributed by atoms with Crippen LogP contribution in [0.25, 0.3) is 0 Å². The maximum atomic E-state index is 5.80. The average molecular weight is 357 g/mol. The molecule has 0 aromatic heterocycles. The van der Waals surface area contributed by atoms with Crippen LogP contribution in [0.4, 0.5) is 0 Å². The lowest BCUT2D eigenvalue weighted by molar-refractivity contribution is 0.294. The van der Waals surface area contributed by atoms with Gasteiger partial charge in [0.2, 0.25) is 18.1 Å². The minimum Gasteiger partial charge on any atom is -0.415 e. The summed E-state index contributed by atoms with van der Waals surface area (Å²) in [6.45, 7) is 1.98. The van der Waals surface area contributed by atoms with Crippen LogP contribution in [0, 0.1) is 0 Å². The summed E-state index contributed by atoms with van der Waals surface area (Å²) in [6, 6.07) is 24.1. The van der Waals surface area contributed by atoms with Gasteiger partial charge in [0.1, 0.15) is 0 Å². The summed E-state index contributed by atoms with van der Waals surface area (Å²) in [7, 11) is -1.97. The molecule has 2 aromatic rings. The van der Waals surface area contributed by atoms with Gasteiger partial charge in [0, 0.05) is 13.2 Å². The molecule has 2 nitrogen and oxygen atoms in total. The number of benzene rings is 2. The van der Waals surface area contributed by atoms with Crippen LogP contribution in [-0.2, 0) is 8.85 Å². The summed E-state index contributed by atoms with van der Waals surface area (Å²) >= 11 is 0. The number of rotatable bonds is 2. The van der Waals surface area contributed by atoms with Crippen LogP contribution in [0.15, 0.2) is 60.7 Å². The van der Waals surface area contributed by atoms with Gasteiger partial charge in [-0.3, -0.25) is 0 Å². The van der Waals surface area contributed by atoms with Gasteiger partial charge in [-0.15, -0.1) is 0 Å². The molecule has 2 aliphatic heterocycles. The quantitative estimate of drug-likeness (QED) is 0.771. The normalized spacial score (nSPS) is 23.8. The standard InChI is InChI=1S/2C10H14OSi/c2*1-2-6-10(7-3-1)12-9-5-4-8-11-12/h2*1-3,6-7,12H,4-5,8-9H2. The molecule has 0 bridgehead atoms. The van der Waals surface area contributed by atoms with E-state index in [9.17, 15) is 0 Å². The SMILES string of the molecule is c1ccc([SiH]2CCCCO2)cc1.c1ccc([SiH]2CCCCO2)cc1. The third kappa shape index (κ3) is 5.41. The van der Waals surface area contributed by atoms with Gasteiger partial charge in [-0.25, -0.2) is 0 Å². The van der Waals surface area contributed by atoms with Crippen molar-refractivity contribution in [2.45, 2.75) is 37.8 Å². The monoisotopic (exact) mass is 356 g/mol. The Bertz CT molecular complexity index is 511. The maximum Gasteiger partial charge on any atom is 0.208 e. The van der Waals surface area contributed by atoms with Gasteiger partial charge in [-0.1, -0.05) is 73.5 Å². The lowest BCUT2D eigenvalue weighted by Crippen LogP contribution is -2.36. The van der Waals surface area contributed by atoms with Crippen LogP contribution >= 0.6 is 0 Å². The molecule has 2 aromatic carbocycles. The van der Waals surface area contributed by atoms with Crippen molar-refractivity contribution in [3.8, 4) is 0 Å². The minimum atomic E-state index is -0.984. The molecule has 0 aliphatic carbocycles. The molecular weight excluding hydrogens is 328 g/mol. The summed E-state index contributed by atoms with van der Waals surface area (Å²) in [4.78, 5) is 0. The Hall–Kier alpha value is -1.21. The molecule has 4 heteroatoms. The first-order valence-electron chi connectivity index (χ1n) is 9.26. The number of hydrogen-bond donors (Lipinski definition) is 0. The van der Waals surface area contributed by atoms with Crippen molar-refractivity contribution in [2.24, 2.45) is 0 Å². The van der Waals surface area contributed by atoms with Crippen molar-refractivity contribution in [3.63, 3.8) is 0 Å². The first-order chi connectivity index (χ1) is 11.9. The van der Waals surface area contributed by atoms with Gasteiger partial charge in [0.15, 0.2) is 0 Å². The first kappa shape index (κ1) is 17.6. The molecule has 128 valence electrons. The van der Waals surface area contributed by atoms with E-state index in [1.165, 1.54) is 48.1 Å². The molecular formula is C20H28O2Si2. The Balaban J connectivity index is 0.000000141. The Labute approximate surface area is 149 Å². The molecule has 4 rings (SSSR count). The zero-order valence-corrected chi connectivity index (χ0v) is 16.7. The van der Waals surface area contributed by atoms with E-state index in [4.69, 9.17) is 8.85 Å². The molecule has 2 fully saturated rings. The molecule has 2 atom stereocenters.